The van der Waals surface area contributed by atoms with E-state index >= 15 is 4.39 Å². The van der Waals surface area contributed by atoms with E-state index < -0.39 is 41.7 Å². The number of hydrogen-bond donors (Lipinski definition) is 2. The number of benzene rings is 1. The fourth-order valence-corrected chi connectivity index (χ4v) is 4.13. The number of aromatic nitrogens is 1. The van der Waals surface area contributed by atoms with Crippen LogP contribution in [-0.2, 0) is 10.3 Å². The van der Waals surface area contributed by atoms with Crippen LogP contribution in [0.2, 0.25) is 0 Å². The number of ether oxygens (including phenoxy) is 1. The first-order valence-electron chi connectivity index (χ1n) is 10.6. The highest BCUT2D eigenvalue weighted by atomic mass is 19.1. The number of alkyl halides is 2. The molecule has 32 heavy (non-hydrogen) atoms. The molecule has 2 aliphatic rings. The Hall–Kier alpha value is -2.59. The monoisotopic (exact) mass is 455 g/mol. The second kappa shape index (κ2) is 9.50. The lowest BCUT2D eigenvalue weighted by molar-refractivity contribution is 0.0212. The minimum absolute atomic E-state index is 0.0207. The first-order valence-corrected chi connectivity index (χ1v) is 10.6. The molecular weight excluding hydrogens is 427 g/mol. The number of rotatable bonds is 5. The molecular formula is C22H28F3N3O4. The number of pyridine rings is 1. The second-order valence-corrected chi connectivity index (χ2v) is 8.01. The summed E-state index contributed by atoms with van der Waals surface area (Å²) in [5, 5.41) is 12.4. The van der Waals surface area contributed by atoms with E-state index in [4.69, 9.17) is 4.74 Å². The van der Waals surface area contributed by atoms with Gasteiger partial charge < -0.3 is 24.6 Å². The number of carboxylic acids is 1. The predicted octanol–water partition coefficient (Wildman–Crippen LogP) is 2.70. The molecule has 4 rings (SSSR count). The third-order valence-electron chi connectivity index (χ3n) is 5.91. The molecule has 176 valence electrons. The van der Waals surface area contributed by atoms with E-state index in [0.29, 0.717) is 26.2 Å². The minimum atomic E-state index is -1.74. The van der Waals surface area contributed by atoms with Crippen LogP contribution in [0.5, 0.6) is 0 Å². The van der Waals surface area contributed by atoms with Crippen LogP contribution in [0.3, 0.4) is 0 Å². The molecule has 10 heteroatoms. The summed E-state index contributed by atoms with van der Waals surface area (Å²) >= 11 is 0. The molecule has 0 bridgehead atoms. The van der Waals surface area contributed by atoms with Gasteiger partial charge in [-0.2, -0.15) is 0 Å². The summed E-state index contributed by atoms with van der Waals surface area (Å²) in [4.78, 5) is 25.9. The van der Waals surface area contributed by atoms with Gasteiger partial charge in [-0.25, -0.2) is 18.0 Å². The zero-order valence-electron chi connectivity index (χ0n) is 18.3. The SMILES string of the molecule is CC.CC(CF)(CF)n1cc(C(=O)O)c(=O)c2cc(F)c(N3CC4NCCO[C@@H]4C3)cc21. The average Bonchev–Trinajstić information content (AvgIpc) is 3.24. The number of carbonyl (C=O) groups is 1. The van der Waals surface area contributed by atoms with Crippen LogP contribution in [-0.4, -0.2) is 67.4 Å². The van der Waals surface area contributed by atoms with E-state index in [0.717, 1.165) is 16.8 Å². The number of hydrogen-bond acceptors (Lipinski definition) is 5. The van der Waals surface area contributed by atoms with Crippen molar-refractivity contribution in [2.75, 3.05) is 44.5 Å². The highest BCUT2D eigenvalue weighted by molar-refractivity contribution is 5.93. The molecule has 2 saturated heterocycles. The van der Waals surface area contributed by atoms with Crippen molar-refractivity contribution in [3.8, 4) is 0 Å². The van der Waals surface area contributed by atoms with E-state index in [9.17, 15) is 23.5 Å². The van der Waals surface area contributed by atoms with Crippen molar-refractivity contribution in [2.45, 2.75) is 38.5 Å². The summed E-state index contributed by atoms with van der Waals surface area (Å²) in [6.07, 6.45) is 0.815. The number of morpholine rings is 1. The molecule has 1 aromatic carbocycles. The van der Waals surface area contributed by atoms with Gasteiger partial charge in [0.1, 0.15) is 24.7 Å². The van der Waals surface area contributed by atoms with E-state index in [-0.39, 0.29) is 28.7 Å². The van der Waals surface area contributed by atoms with E-state index in [2.05, 4.69) is 5.32 Å². The molecule has 0 radical (unpaired) electrons. The molecule has 2 aliphatic heterocycles. The summed E-state index contributed by atoms with van der Waals surface area (Å²) in [7, 11) is 0. The van der Waals surface area contributed by atoms with Crippen molar-refractivity contribution in [2.24, 2.45) is 0 Å². The van der Waals surface area contributed by atoms with Crippen LogP contribution in [0.25, 0.3) is 10.9 Å². The molecule has 0 spiro atoms. The van der Waals surface area contributed by atoms with Gasteiger partial charge in [0, 0.05) is 31.2 Å². The molecule has 2 aromatic rings. The zero-order chi connectivity index (χ0) is 23.6. The van der Waals surface area contributed by atoms with Crippen molar-refractivity contribution in [1.82, 2.24) is 9.88 Å². The Morgan fingerprint density at radius 2 is 1.97 bits per heavy atom. The number of nitrogens with zero attached hydrogens (tertiary/aromatic N) is 2. The third-order valence-corrected chi connectivity index (χ3v) is 5.91. The highest BCUT2D eigenvalue weighted by Crippen LogP contribution is 2.32. The Morgan fingerprint density at radius 3 is 2.56 bits per heavy atom. The van der Waals surface area contributed by atoms with Gasteiger partial charge in [-0.15, -0.1) is 0 Å². The summed E-state index contributed by atoms with van der Waals surface area (Å²) < 4.78 is 49.4. The first-order chi connectivity index (χ1) is 15.3. The van der Waals surface area contributed by atoms with Gasteiger partial charge >= 0.3 is 5.97 Å². The number of halogens is 3. The molecule has 7 nitrogen and oxygen atoms in total. The molecule has 2 fully saturated rings. The van der Waals surface area contributed by atoms with Gasteiger partial charge in [-0.3, -0.25) is 4.79 Å². The molecule has 3 heterocycles. The lowest BCUT2D eigenvalue weighted by atomic mass is 10.0. The van der Waals surface area contributed by atoms with Crippen LogP contribution >= 0.6 is 0 Å². The largest absolute Gasteiger partial charge is 0.477 e. The molecule has 1 unspecified atom stereocenters. The molecule has 0 amide bonds. The van der Waals surface area contributed by atoms with Gasteiger partial charge in [0.05, 0.1) is 35.5 Å². The molecule has 0 saturated carbocycles. The van der Waals surface area contributed by atoms with Crippen molar-refractivity contribution < 1.29 is 27.8 Å². The third kappa shape index (κ3) is 4.09. The molecule has 1 aromatic heterocycles. The Balaban J connectivity index is 0.00000141. The van der Waals surface area contributed by atoms with E-state index in [1.54, 1.807) is 4.90 Å². The topological polar surface area (TPSA) is 83.8 Å². The fraction of sp³-hybridized carbons (Fsp3) is 0.545. The quantitative estimate of drug-likeness (QED) is 0.722. The second-order valence-electron chi connectivity index (χ2n) is 8.01. The highest BCUT2D eigenvalue weighted by Gasteiger charge is 2.37. The minimum Gasteiger partial charge on any atom is -0.477 e. The van der Waals surface area contributed by atoms with Crippen molar-refractivity contribution >= 4 is 22.6 Å². The van der Waals surface area contributed by atoms with Crippen molar-refractivity contribution in [3.63, 3.8) is 0 Å². The molecule has 0 aliphatic carbocycles. The maximum absolute atomic E-state index is 15.0. The Morgan fingerprint density at radius 1 is 1.28 bits per heavy atom. The smallest absolute Gasteiger partial charge is 0.341 e. The lowest BCUT2D eigenvalue weighted by Crippen LogP contribution is -2.47. The Labute approximate surface area is 183 Å². The van der Waals surface area contributed by atoms with Gasteiger partial charge in [0.15, 0.2) is 0 Å². The van der Waals surface area contributed by atoms with Gasteiger partial charge in [0.25, 0.3) is 0 Å². The Kier molecular flexibility index (Phi) is 7.14. The Bertz CT molecular complexity index is 1040. The van der Waals surface area contributed by atoms with Crippen molar-refractivity contribution in [3.05, 3.63) is 39.9 Å². The van der Waals surface area contributed by atoms with Crippen LogP contribution < -0.4 is 15.6 Å². The number of nitrogens with one attached hydrogen (secondary N) is 1. The van der Waals surface area contributed by atoms with Gasteiger partial charge in [-0.05, 0) is 19.1 Å². The van der Waals surface area contributed by atoms with Crippen LogP contribution in [0.4, 0.5) is 18.9 Å². The van der Waals surface area contributed by atoms with Crippen LogP contribution in [0, 0.1) is 5.82 Å². The van der Waals surface area contributed by atoms with Gasteiger partial charge in [0.2, 0.25) is 5.43 Å². The summed E-state index contributed by atoms with van der Waals surface area (Å²) in [6.45, 7) is 5.12. The van der Waals surface area contributed by atoms with Crippen LogP contribution in [0.1, 0.15) is 31.1 Å². The summed E-state index contributed by atoms with van der Waals surface area (Å²) in [5.41, 5.74) is -3.08. The lowest BCUT2D eigenvalue weighted by Gasteiger charge is -2.29. The first kappa shape index (κ1) is 24.1. The predicted molar refractivity (Wildman–Crippen MR) is 116 cm³/mol. The molecule has 2 atom stereocenters. The summed E-state index contributed by atoms with van der Waals surface area (Å²) in [6, 6.07) is 2.33. The maximum atomic E-state index is 15.0. The standard InChI is InChI=1S/C20H22F3N3O4.C2H6/c1-20(9-21,10-22)26-6-12(19(28)29)18(27)11-4-13(23)16(5-15(11)26)25-7-14-17(8-25)30-3-2-24-14;1-2/h4-6,14,17,24H,2-3,7-10H2,1H3,(H,28,29);1-2H3/t14?,17-;/m1./s1. The number of fused-ring (bicyclic) bond motifs is 2. The van der Waals surface area contributed by atoms with Crippen molar-refractivity contribution in [1.29, 1.82) is 0 Å². The average molecular weight is 455 g/mol. The van der Waals surface area contributed by atoms with Crippen LogP contribution in [0.15, 0.2) is 23.1 Å². The van der Waals surface area contributed by atoms with E-state index in [1.807, 2.05) is 13.8 Å². The van der Waals surface area contributed by atoms with E-state index in [1.165, 1.54) is 13.0 Å². The number of anilines is 1. The maximum Gasteiger partial charge on any atom is 0.341 e. The molecule has 2 N–H and O–H groups in total. The normalized spacial score (nSPS) is 20.6. The zero-order valence-corrected chi connectivity index (χ0v) is 18.3. The summed E-state index contributed by atoms with van der Waals surface area (Å²) in [5.74, 6) is -2.26. The fourth-order valence-electron chi connectivity index (χ4n) is 4.13. The van der Waals surface area contributed by atoms with Gasteiger partial charge in [-0.1, -0.05) is 13.8 Å². The number of carboxylic acid groups (broad SMARTS) is 1. The number of aromatic carboxylic acids is 1.